The van der Waals surface area contributed by atoms with E-state index in [0.717, 1.165) is 0 Å². The minimum Gasteiger partial charge on any atom is -0.482 e. The molecule has 0 fully saturated rings. The molecular weight excluding hydrogens is 377 g/mol. The lowest BCUT2D eigenvalue weighted by atomic mass is 10.1. The number of anilines is 2. The van der Waals surface area contributed by atoms with Gasteiger partial charge in [-0.05, 0) is 44.2 Å². The summed E-state index contributed by atoms with van der Waals surface area (Å²) in [7, 11) is 0. The molecular formula is C21H22FN3O4. The molecule has 3 rings (SSSR count). The summed E-state index contributed by atoms with van der Waals surface area (Å²) in [6.07, 6.45) is 0. The Balaban J connectivity index is 1.85. The molecule has 1 heterocycles. The van der Waals surface area contributed by atoms with Crippen LogP contribution in [0.1, 0.15) is 24.2 Å². The molecule has 2 aromatic carbocycles. The second kappa shape index (κ2) is 8.72. The molecule has 0 saturated heterocycles. The fraction of sp³-hybridized carbons (Fsp3) is 0.286. The molecule has 8 heteroatoms. The first-order valence-electron chi connectivity index (χ1n) is 9.35. The number of carbonyl (C=O) groups excluding carboxylic acids is 3. The number of nitrogens with one attached hydrogen (secondary N) is 1. The molecule has 1 aliphatic rings. The molecule has 1 aliphatic heterocycles. The zero-order valence-electron chi connectivity index (χ0n) is 16.3. The summed E-state index contributed by atoms with van der Waals surface area (Å²) in [5, 5.41) is 2.62. The van der Waals surface area contributed by atoms with Crippen LogP contribution in [0.5, 0.6) is 5.75 Å². The summed E-state index contributed by atoms with van der Waals surface area (Å²) in [6.45, 7) is 4.53. The van der Waals surface area contributed by atoms with Gasteiger partial charge in [-0.2, -0.15) is 0 Å². The fourth-order valence-corrected chi connectivity index (χ4v) is 3.11. The highest BCUT2D eigenvalue weighted by molar-refractivity contribution is 6.06. The van der Waals surface area contributed by atoms with Gasteiger partial charge in [-0.25, -0.2) is 4.39 Å². The Labute approximate surface area is 168 Å². The van der Waals surface area contributed by atoms with E-state index in [1.54, 1.807) is 29.2 Å². The lowest BCUT2D eigenvalue weighted by molar-refractivity contribution is -0.131. The molecule has 0 aromatic heterocycles. The Hall–Kier alpha value is -3.42. The van der Waals surface area contributed by atoms with Crippen LogP contribution >= 0.6 is 0 Å². The topological polar surface area (TPSA) is 79.0 Å². The molecule has 0 unspecified atom stereocenters. The van der Waals surface area contributed by atoms with Gasteiger partial charge in [-0.1, -0.05) is 12.1 Å². The fourth-order valence-electron chi connectivity index (χ4n) is 3.11. The van der Waals surface area contributed by atoms with E-state index >= 15 is 0 Å². The number of likely N-dealkylation sites (N-methyl/N-ethyl adjacent to an activating group) is 1. The van der Waals surface area contributed by atoms with Crippen molar-refractivity contribution in [1.82, 2.24) is 4.90 Å². The molecule has 152 valence electrons. The van der Waals surface area contributed by atoms with Crippen LogP contribution in [0.3, 0.4) is 0 Å². The smallest absolute Gasteiger partial charge is 0.265 e. The summed E-state index contributed by atoms with van der Waals surface area (Å²) in [5.41, 5.74) is 0.648. The van der Waals surface area contributed by atoms with Crippen molar-refractivity contribution in [3.05, 3.63) is 53.8 Å². The van der Waals surface area contributed by atoms with Crippen molar-refractivity contribution in [2.75, 3.05) is 36.5 Å². The van der Waals surface area contributed by atoms with E-state index in [1.165, 1.54) is 23.1 Å². The summed E-state index contributed by atoms with van der Waals surface area (Å²) in [4.78, 5) is 40.2. The highest BCUT2D eigenvalue weighted by Crippen LogP contribution is 2.34. The lowest BCUT2D eigenvalue weighted by Crippen LogP contribution is -2.46. The minimum atomic E-state index is -0.632. The van der Waals surface area contributed by atoms with Gasteiger partial charge >= 0.3 is 0 Å². The molecule has 0 bridgehead atoms. The standard InChI is InChI=1S/C21H22FN3O4/c1-3-24(4-2)19(26)12-25-17-11-14(9-10-18(17)29-13-20(25)27)23-21(28)15-7-5-6-8-16(15)22/h5-11H,3-4,12-13H2,1-2H3,(H,23,28). The molecule has 3 amide bonds. The molecule has 0 radical (unpaired) electrons. The van der Waals surface area contributed by atoms with Crippen molar-refractivity contribution in [3.8, 4) is 5.75 Å². The van der Waals surface area contributed by atoms with E-state index in [4.69, 9.17) is 4.74 Å². The first-order chi connectivity index (χ1) is 13.9. The number of halogens is 1. The van der Waals surface area contributed by atoms with Crippen molar-refractivity contribution < 1.29 is 23.5 Å². The second-order valence-electron chi connectivity index (χ2n) is 6.45. The van der Waals surface area contributed by atoms with E-state index < -0.39 is 11.7 Å². The minimum absolute atomic E-state index is 0.0916. The van der Waals surface area contributed by atoms with E-state index in [1.807, 2.05) is 13.8 Å². The lowest BCUT2D eigenvalue weighted by Gasteiger charge is -2.31. The molecule has 7 nitrogen and oxygen atoms in total. The number of carbonyl (C=O) groups is 3. The molecule has 0 spiro atoms. The van der Waals surface area contributed by atoms with Gasteiger partial charge in [0.05, 0.1) is 11.3 Å². The van der Waals surface area contributed by atoms with Gasteiger partial charge in [0.25, 0.3) is 11.8 Å². The predicted molar refractivity (Wildman–Crippen MR) is 107 cm³/mol. The zero-order chi connectivity index (χ0) is 21.0. The van der Waals surface area contributed by atoms with Crippen molar-refractivity contribution in [1.29, 1.82) is 0 Å². The molecule has 0 atom stereocenters. The number of rotatable bonds is 6. The van der Waals surface area contributed by atoms with Crippen molar-refractivity contribution >= 4 is 29.1 Å². The third-order valence-electron chi connectivity index (χ3n) is 4.69. The van der Waals surface area contributed by atoms with Crippen LogP contribution < -0.4 is 15.0 Å². The van der Waals surface area contributed by atoms with E-state index in [-0.39, 0.29) is 30.5 Å². The average Bonchev–Trinajstić information content (AvgIpc) is 2.71. The summed E-state index contributed by atoms with van der Waals surface area (Å²) >= 11 is 0. The Morgan fingerprint density at radius 3 is 2.59 bits per heavy atom. The number of hydrogen-bond donors (Lipinski definition) is 1. The first-order valence-corrected chi connectivity index (χ1v) is 9.35. The molecule has 2 aromatic rings. The maximum Gasteiger partial charge on any atom is 0.265 e. The third kappa shape index (κ3) is 4.37. The van der Waals surface area contributed by atoms with Crippen LogP contribution in [0.4, 0.5) is 15.8 Å². The van der Waals surface area contributed by atoms with E-state index in [2.05, 4.69) is 5.32 Å². The Kier molecular flexibility index (Phi) is 6.11. The maximum atomic E-state index is 13.8. The summed E-state index contributed by atoms with van der Waals surface area (Å²) < 4.78 is 19.3. The first kappa shape index (κ1) is 20.3. The number of nitrogens with zero attached hydrogens (tertiary/aromatic N) is 2. The monoisotopic (exact) mass is 399 g/mol. The number of benzene rings is 2. The molecule has 1 N–H and O–H groups in total. The van der Waals surface area contributed by atoms with Crippen molar-refractivity contribution in [2.24, 2.45) is 0 Å². The highest BCUT2D eigenvalue weighted by Gasteiger charge is 2.29. The number of amides is 3. The molecule has 29 heavy (non-hydrogen) atoms. The van der Waals surface area contributed by atoms with Gasteiger partial charge in [0.15, 0.2) is 6.61 Å². The van der Waals surface area contributed by atoms with Crippen LogP contribution in [0, 0.1) is 5.82 Å². The van der Waals surface area contributed by atoms with Gasteiger partial charge in [0.2, 0.25) is 5.91 Å². The Morgan fingerprint density at radius 2 is 1.90 bits per heavy atom. The van der Waals surface area contributed by atoms with Crippen LogP contribution in [0.2, 0.25) is 0 Å². The van der Waals surface area contributed by atoms with Crippen molar-refractivity contribution in [3.63, 3.8) is 0 Å². The number of ether oxygens (including phenoxy) is 1. The Bertz CT molecular complexity index is 943. The van der Waals surface area contributed by atoms with E-state index in [9.17, 15) is 18.8 Å². The number of fused-ring (bicyclic) bond motifs is 1. The SMILES string of the molecule is CCN(CC)C(=O)CN1C(=O)COc2ccc(NC(=O)c3ccccc3F)cc21. The summed E-state index contributed by atoms with van der Waals surface area (Å²) in [5.74, 6) is -1.35. The second-order valence-corrected chi connectivity index (χ2v) is 6.45. The third-order valence-corrected chi connectivity index (χ3v) is 4.69. The Morgan fingerprint density at radius 1 is 1.17 bits per heavy atom. The maximum absolute atomic E-state index is 13.8. The van der Waals surface area contributed by atoms with Gasteiger partial charge in [0.1, 0.15) is 18.1 Å². The van der Waals surface area contributed by atoms with E-state index in [0.29, 0.717) is 30.2 Å². The summed E-state index contributed by atoms with van der Waals surface area (Å²) in [6, 6.07) is 10.4. The molecule has 0 aliphatic carbocycles. The van der Waals surface area contributed by atoms with Gasteiger partial charge < -0.3 is 15.0 Å². The quantitative estimate of drug-likeness (QED) is 0.810. The number of hydrogen-bond acceptors (Lipinski definition) is 4. The van der Waals surface area contributed by atoms with Gasteiger partial charge in [-0.15, -0.1) is 0 Å². The largest absolute Gasteiger partial charge is 0.482 e. The van der Waals surface area contributed by atoms with Crippen LogP contribution in [0.15, 0.2) is 42.5 Å². The van der Waals surface area contributed by atoms with Crippen LogP contribution in [-0.4, -0.2) is 48.9 Å². The van der Waals surface area contributed by atoms with Crippen molar-refractivity contribution in [2.45, 2.75) is 13.8 Å². The normalized spacial score (nSPS) is 12.8. The zero-order valence-corrected chi connectivity index (χ0v) is 16.3. The highest BCUT2D eigenvalue weighted by atomic mass is 19.1. The van der Waals surface area contributed by atoms with Crippen LogP contribution in [0.25, 0.3) is 0 Å². The van der Waals surface area contributed by atoms with Gasteiger partial charge in [-0.3, -0.25) is 19.3 Å². The van der Waals surface area contributed by atoms with Gasteiger partial charge in [0, 0.05) is 18.8 Å². The van der Waals surface area contributed by atoms with Crippen LogP contribution in [-0.2, 0) is 9.59 Å². The average molecular weight is 399 g/mol. The predicted octanol–water partition coefficient (Wildman–Crippen LogP) is 2.67. The molecule has 0 saturated carbocycles.